The third-order valence-corrected chi connectivity index (χ3v) is 4.17. The number of nitrogens with zero attached hydrogens (tertiary/aromatic N) is 1. The first kappa shape index (κ1) is 16.3. The lowest BCUT2D eigenvalue weighted by molar-refractivity contribution is -0.139. The van der Waals surface area contributed by atoms with Crippen LogP contribution in [0, 0.1) is 5.92 Å². The lowest BCUT2D eigenvalue weighted by atomic mass is 10.1. The topological polar surface area (TPSA) is 86.7 Å². The van der Waals surface area contributed by atoms with Crippen LogP contribution in [0.5, 0.6) is 0 Å². The minimum atomic E-state index is -3.75. The van der Waals surface area contributed by atoms with Crippen LogP contribution in [0.3, 0.4) is 0 Å². The van der Waals surface area contributed by atoms with Crippen LogP contribution in [-0.2, 0) is 15.0 Å². The number of nitrogens with one attached hydrogen (secondary N) is 1. The molecule has 0 aromatic rings. The first-order valence-corrected chi connectivity index (χ1v) is 7.00. The van der Waals surface area contributed by atoms with Crippen molar-refractivity contribution in [2.45, 2.75) is 46.2 Å². The first-order chi connectivity index (χ1) is 7.58. The lowest BCUT2D eigenvalue weighted by Crippen LogP contribution is -2.49. The van der Waals surface area contributed by atoms with Gasteiger partial charge in [0.15, 0.2) is 0 Å². The molecular weight excluding hydrogens is 244 g/mol. The van der Waals surface area contributed by atoms with Gasteiger partial charge in [0.2, 0.25) is 0 Å². The van der Waals surface area contributed by atoms with Crippen molar-refractivity contribution in [3.05, 3.63) is 0 Å². The molecule has 6 nitrogen and oxygen atoms in total. The Kier molecular flexibility index (Phi) is 6.08. The second-order valence-corrected chi connectivity index (χ2v) is 6.52. The van der Waals surface area contributed by atoms with Gasteiger partial charge in [-0.3, -0.25) is 4.79 Å². The van der Waals surface area contributed by atoms with Gasteiger partial charge in [-0.15, -0.1) is 0 Å². The van der Waals surface area contributed by atoms with Crippen LogP contribution in [0.25, 0.3) is 0 Å². The quantitative estimate of drug-likeness (QED) is 0.708. The number of carboxylic acid groups (broad SMARTS) is 1. The Morgan fingerprint density at radius 3 is 2.06 bits per heavy atom. The average Bonchev–Trinajstić information content (AvgIpc) is 2.14. The molecule has 0 radical (unpaired) electrons. The van der Waals surface area contributed by atoms with E-state index in [0.29, 0.717) is 0 Å². The molecule has 0 spiro atoms. The maximum absolute atomic E-state index is 11.8. The predicted octanol–water partition coefficient (Wildman–Crippen LogP) is 0.660. The summed E-state index contributed by atoms with van der Waals surface area (Å²) in [5.74, 6) is -1.05. The molecule has 0 fully saturated rings. The highest BCUT2D eigenvalue weighted by atomic mass is 32.2. The SMILES string of the molecule is CC(C)C[C@H](NS(=O)(=O)N(C)C(C)C)C(=O)O. The van der Waals surface area contributed by atoms with E-state index in [0.717, 1.165) is 4.31 Å². The molecule has 0 aliphatic heterocycles. The number of carboxylic acids is 1. The van der Waals surface area contributed by atoms with Crippen molar-refractivity contribution in [1.29, 1.82) is 0 Å². The summed E-state index contributed by atoms with van der Waals surface area (Å²) in [6.07, 6.45) is 0.264. The highest BCUT2D eigenvalue weighted by Gasteiger charge is 2.28. The van der Waals surface area contributed by atoms with E-state index in [1.54, 1.807) is 13.8 Å². The molecule has 0 saturated carbocycles. The Bertz CT molecular complexity index is 351. The Morgan fingerprint density at radius 2 is 1.76 bits per heavy atom. The Balaban J connectivity index is 4.82. The molecule has 0 aromatic heterocycles. The van der Waals surface area contributed by atoms with Gasteiger partial charge in [0.05, 0.1) is 0 Å². The van der Waals surface area contributed by atoms with Gasteiger partial charge in [0, 0.05) is 13.1 Å². The zero-order valence-corrected chi connectivity index (χ0v) is 11.8. The summed E-state index contributed by atoms with van der Waals surface area (Å²) in [6.45, 7) is 7.13. The van der Waals surface area contributed by atoms with Crippen LogP contribution in [0.2, 0.25) is 0 Å². The van der Waals surface area contributed by atoms with E-state index < -0.39 is 22.2 Å². The van der Waals surface area contributed by atoms with Crippen molar-refractivity contribution in [3.63, 3.8) is 0 Å². The fourth-order valence-corrected chi connectivity index (χ4v) is 2.49. The summed E-state index contributed by atoms with van der Waals surface area (Å²) in [4.78, 5) is 11.0. The number of rotatable bonds is 7. The van der Waals surface area contributed by atoms with Crippen LogP contribution < -0.4 is 4.72 Å². The van der Waals surface area contributed by atoms with Crippen LogP contribution in [0.15, 0.2) is 0 Å². The van der Waals surface area contributed by atoms with Crippen LogP contribution >= 0.6 is 0 Å². The maximum Gasteiger partial charge on any atom is 0.321 e. The third-order valence-electron chi connectivity index (χ3n) is 2.40. The van der Waals surface area contributed by atoms with E-state index in [4.69, 9.17) is 5.11 Å². The number of carbonyl (C=O) groups is 1. The molecular formula is C10H22N2O4S. The second kappa shape index (κ2) is 6.32. The molecule has 0 rings (SSSR count). The fraction of sp³-hybridized carbons (Fsp3) is 0.900. The summed E-state index contributed by atoms with van der Waals surface area (Å²) in [5, 5.41) is 8.96. The van der Waals surface area contributed by atoms with Gasteiger partial charge in [-0.2, -0.15) is 17.4 Å². The summed E-state index contributed by atoms with van der Waals surface area (Å²) in [6, 6.07) is -1.30. The van der Waals surface area contributed by atoms with Crippen molar-refractivity contribution in [2.75, 3.05) is 7.05 Å². The normalized spacial score (nSPS) is 14.6. The Labute approximate surface area is 103 Å². The molecule has 0 heterocycles. The van der Waals surface area contributed by atoms with Gasteiger partial charge in [-0.25, -0.2) is 0 Å². The monoisotopic (exact) mass is 266 g/mol. The zero-order chi connectivity index (χ0) is 13.8. The van der Waals surface area contributed by atoms with Gasteiger partial charge in [-0.1, -0.05) is 13.8 Å². The van der Waals surface area contributed by atoms with Crippen LogP contribution in [0.4, 0.5) is 0 Å². The number of aliphatic carboxylic acids is 1. The Morgan fingerprint density at radius 1 is 1.29 bits per heavy atom. The van der Waals surface area contributed by atoms with E-state index >= 15 is 0 Å². The minimum Gasteiger partial charge on any atom is -0.480 e. The molecule has 0 aliphatic carbocycles. The molecule has 0 amide bonds. The average molecular weight is 266 g/mol. The molecule has 0 aliphatic rings. The molecule has 17 heavy (non-hydrogen) atoms. The van der Waals surface area contributed by atoms with Crippen molar-refractivity contribution in [2.24, 2.45) is 5.92 Å². The summed E-state index contributed by atoms with van der Waals surface area (Å²) >= 11 is 0. The van der Waals surface area contributed by atoms with Crippen molar-refractivity contribution in [3.8, 4) is 0 Å². The predicted molar refractivity (Wildman–Crippen MR) is 65.8 cm³/mol. The van der Waals surface area contributed by atoms with Crippen molar-refractivity contribution < 1.29 is 18.3 Å². The fourth-order valence-electron chi connectivity index (χ4n) is 1.21. The lowest BCUT2D eigenvalue weighted by Gasteiger charge is -2.24. The highest BCUT2D eigenvalue weighted by Crippen LogP contribution is 2.08. The second-order valence-electron chi connectivity index (χ2n) is 4.75. The largest absolute Gasteiger partial charge is 0.480 e. The van der Waals surface area contributed by atoms with E-state index in [1.807, 2.05) is 13.8 Å². The molecule has 1 atom stereocenters. The zero-order valence-electron chi connectivity index (χ0n) is 11.0. The molecule has 7 heteroatoms. The molecule has 0 saturated heterocycles. The maximum atomic E-state index is 11.8. The highest BCUT2D eigenvalue weighted by molar-refractivity contribution is 7.87. The minimum absolute atomic E-state index is 0.100. The number of hydrogen-bond acceptors (Lipinski definition) is 3. The molecule has 0 aromatic carbocycles. The number of hydrogen-bond donors (Lipinski definition) is 2. The molecule has 102 valence electrons. The van der Waals surface area contributed by atoms with E-state index in [1.165, 1.54) is 7.05 Å². The van der Waals surface area contributed by atoms with Gasteiger partial charge in [0.25, 0.3) is 10.2 Å². The molecule has 0 unspecified atom stereocenters. The van der Waals surface area contributed by atoms with E-state index in [-0.39, 0.29) is 18.4 Å². The van der Waals surface area contributed by atoms with Gasteiger partial charge in [0.1, 0.15) is 6.04 Å². The standard InChI is InChI=1S/C10H22N2O4S/c1-7(2)6-9(10(13)14)11-17(15,16)12(5)8(3)4/h7-9,11H,6H2,1-5H3,(H,13,14)/t9-/m0/s1. The molecule has 0 bridgehead atoms. The third kappa shape index (κ3) is 5.47. The first-order valence-electron chi connectivity index (χ1n) is 5.56. The van der Waals surface area contributed by atoms with Gasteiger partial charge >= 0.3 is 5.97 Å². The van der Waals surface area contributed by atoms with E-state index in [9.17, 15) is 13.2 Å². The summed E-state index contributed by atoms with van der Waals surface area (Å²) < 4.78 is 27.0. The van der Waals surface area contributed by atoms with Crippen LogP contribution in [-0.4, -0.2) is 42.9 Å². The van der Waals surface area contributed by atoms with E-state index in [2.05, 4.69) is 4.72 Å². The summed E-state index contributed by atoms with van der Waals surface area (Å²) in [5.41, 5.74) is 0. The Hall–Kier alpha value is -0.660. The van der Waals surface area contributed by atoms with Gasteiger partial charge in [-0.05, 0) is 26.2 Å². The summed E-state index contributed by atoms with van der Waals surface area (Å²) in [7, 11) is -2.33. The smallest absolute Gasteiger partial charge is 0.321 e. The van der Waals surface area contributed by atoms with Crippen molar-refractivity contribution >= 4 is 16.2 Å². The van der Waals surface area contributed by atoms with Crippen LogP contribution in [0.1, 0.15) is 34.1 Å². The van der Waals surface area contributed by atoms with Crippen molar-refractivity contribution in [1.82, 2.24) is 9.03 Å². The van der Waals surface area contributed by atoms with Gasteiger partial charge < -0.3 is 5.11 Å². The molecule has 2 N–H and O–H groups in total.